The number of carbonyl (C=O) groups is 1. The molecule has 1 amide bonds. The van der Waals surface area contributed by atoms with Gasteiger partial charge in [-0.1, -0.05) is 18.2 Å². The number of nitrogens with one attached hydrogen (secondary N) is 1. The molecule has 0 saturated carbocycles. The van der Waals surface area contributed by atoms with Gasteiger partial charge in [-0.05, 0) is 32.1 Å². The topological polar surface area (TPSA) is 45.3 Å². The summed E-state index contributed by atoms with van der Waals surface area (Å²) in [5, 5.41) is 1.22. The zero-order valence-corrected chi connectivity index (χ0v) is 14.3. The zero-order valence-electron chi connectivity index (χ0n) is 13.3. The summed E-state index contributed by atoms with van der Waals surface area (Å²) in [5.41, 5.74) is 3.58. The summed E-state index contributed by atoms with van der Waals surface area (Å²) < 4.78 is 6.51. The van der Waals surface area contributed by atoms with Gasteiger partial charge in [0.15, 0.2) is 8.32 Å². The van der Waals surface area contributed by atoms with E-state index in [4.69, 9.17) is 4.43 Å². The van der Waals surface area contributed by atoms with Crippen LogP contribution in [-0.2, 0) is 15.8 Å². The van der Waals surface area contributed by atoms with Gasteiger partial charge in [-0.3, -0.25) is 4.79 Å². The van der Waals surface area contributed by atoms with Gasteiger partial charge >= 0.3 is 0 Å². The van der Waals surface area contributed by atoms with Crippen LogP contribution in [0.2, 0.25) is 19.6 Å². The van der Waals surface area contributed by atoms with Gasteiger partial charge in [0.1, 0.15) is 6.10 Å². The van der Waals surface area contributed by atoms with E-state index in [2.05, 4.69) is 42.8 Å². The molecule has 0 aliphatic carbocycles. The number of aromatic nitrogens is 1. The summed E-state index contributed by atoms with van der Waals surface area (Å²) in [5.74, 6) is 0.269. The van der Waals surface area contributed by atoms with Crippen LogP contribution in [0.25, 0.3) is 10.9 Å². The molecule has 1 aromatic carbocycles. The molecule has 1 aromatic heterocycles. The molecule has 2 aromatic rings. The van der Waals surface area contributed by atoms with Crippen molar-refractivity contribution in [2.75, 3.05) is 0 Å². The quantitative estimate of drug-likeness (QED) is 0.861. The summed E-state index contributed by atoms with van der Waals surface area (Å²) in [7, 11) is -1.70. The molecule has 2 aliphatic heterocycles. The number of benzene rings is 1. The highest BCUT2D eigenvalue weighted by Gasteiger charge is 2.45. The number of nitrogens with zero attached hydrogens (tertiary/aromatic N) is 1. The molecule has 4 rings (SSSR count). The first kappa shape index (κ1) is 14.0. The Morgan fingerprint density at radius 3 is 2.82 bits per heavy atom. The van der Waals surface area contributed by atoms with E-state index in [-0.39, 0.29) is 18.1 Å². The fourth-order valence-corrected chi connectivity index (χ4v) is 4.83. The molecule has 1 fully saturated rings. The number of hydrogen-bond acceptors (Lipinski definition) is 2. The minimum absolute atomic E-state index is 0.00531. The summed E-state index contributed by atoms with van der Waals surface area (Å²) >= 11 is 0. The predicted octanol–water partition coefficient (Wildman–Crippen LogP) is 3.57. The second-order valence-corrected chi connectivity index (χ2v) is 11.8. The molecule has 1 N–H and O–H groups in total. The second kappa shape index (κ2) is 4.70. The van der Waals surface area contributed by atoms with E-state index in [1.807, 2.05) is 11.0 Å². The van der Waals surface area contributed by atoms with Gasteiger partial charge in [-0.2, -0.15) is 0 Å². The van der Waals surface area contributed by atoms with Gasteiger partial charge in [-0.15, -0.1) is 0 Å². The van der Waals surface area contributed by atoms with Crippen LogP contribution in [0, 0.1) is 0 Å². The maximum atomic E-state index is 12.3. The lowest BCUT2D eigenvalue weighted by Gasteiger charge is -2.39. The number of fused-ring (bicyclic) bond motifs is 4. The maximum absolute atomic E-state index is 12.3. The van der Waals surface area contributed by atoms with Crippen molar-refractivity contribution in [2.24, 2.45) is 0 Å². The Kier molecular flexibility index (Phi) is 3.00. The third-order valence-electron chi connectivity index (χ3n) is 4.66. The number of carbonyl (C=O) groups excluding carboxylic acids is 1. The Hall–Kier alpha value is -1.59. The first-order valence-corrected chi connectivity index (χ1v) is 11.4. The Morgan fingerprint density at radius 2 is 2.05 bits per heavy atom. The number of aromatic amines is 1. The van der Waals surface area contributed by atoms with Crippen LogP contribution in [0.15, 0.2) is 24.3 Å². The van der Waals surface area contributed by atoms with Gasteiger partial charge in [0.25, 0.3) is 0 Å². The molecule has 5 heteroatoms. The van der Waals surface area contributed by atoms with Crippen molar-refractivity contribution >= 4 is 25.1 Å². The molecule has 22 heavy (non-hydrogen) atoms. The van der Waals surface area contributed by atoms with Crippen LogP contribution in [0.3, 0.4) is 0 Å². The van der Waals surface area contributed by atoms with Crippen molar-refractivity contribution in [2.45, 2.75) is 51.2 Å². The monoisotopic (exact) mass is 314 g/mol. The highest BCUT2D eigenvalue weighted by molar-refractivity contribution is 6.69. The van der Waals surface area contributed by atoms with E-state index in [0.717, 1.165) is 11.9 Å². The summed E-state index contributed by atoms with van der Waals surface area (Å²) in [6, 6.07) is 8.54. The van der Waals surface area contributed by atoms with E-state index in [1.54, 1.807) is 0 Å². The third kappa shape index (κ3) is 2.11. The molecule has 2 aliphatic rings. The average Bonchev–Trinajstić information content (AvgIpc) is 3.00. The first-order valence-electron chi connectivity index (χ1n) is 8.01. The van der Waals surface area contributed by atoms with Crippen LogP contribution >= 0.6 is 0 Å². The van der Waals surface area contributed by atoms with Crippen molar-refractivity contribution in [1.29, 1.82) is 0 Å². The molecule has 0 unspecified atom stereocenters. The van der Waals surface area contributed by atoms with Crippen LogP contribution in [0.1, 0.15) is 30.2 Å². The molecule has 2 atom stereocenters. The summed E-state index contributed by atoms with van der Waals surface area (Å²) in [6.45, 7) is 7.36. The van der Waals surface area contributed by atoms with Crippen LogP contribution in [-0.4, -0.2) is 30.2 Å². The van der Waals surface area contributed by atoms with Gasteiger partial charge in [0.05, 0.1) is 11.7 Å². The van der Waals surface area contributed by atoms with E-state index in [9.17, 15) is 4.79 Å². The summed E-state index contributed by atoms with van der Waals surface area (Å²) in [6.07, 6.45) is 1.55. The fourth-order valence-electron chi connectivity index (χ4n) is 3.79. The number of hydrogen-bond donors (Lipinski definition) is 1. The lowest BCUT2D eigenvalue weighted by atomic mass is 9.96. The van der Waals surface area contributed by atoms with Crippen molar-refractivity contribution < 1.29 is 9.22 Å². The van der Waals surface area contributed by atoms with Crippen LogP contribution in [0.4, 0.5) is 0 Å². The van der Waals surface area contributed by atoms with Gasteiger partial charge in [-0.25, -0.2) is 0 Å². The minimum atomic E-state index is -1.70. The molecule has 3 heterocycles. The largest absolute Gasteiger partial charge is 0.407 e. The van der Waals surface area contributed by atoms with E-state index in [1.165, 1.54) is 16.6 Å². The molecule has 0 radical (unpaired) electrons. The van der Waals surface area contributed by atoms with Crippen molar-refractivity contribution in [3.05, 3.63) is 35.5 Å². The second-order valence-electron chi connectivity index (χ2n) is 7.34. The van der Waals surface area contributed by atoms with Crippen molar-refractivity contribution in [3.63, 3.8) is 0 Å². The Bertz CT molecular complexity index is 747. The normalized spacial score (nSPS) is 24.7. The summed E-state index contributed by atoms with van der Waals surface area (Å²) in [4.78, 5) is 17.9. The number of amides is 1. The number of rotatable bonds is 2. The molecule has 4 nitrogen and oxygen atoms in total. The lowest BCUT2D eigenvalue weighted by Crippen LogP contribution is -2.45. The molecule has 0 spiro atoms. The smallest absolute Gasteiger partial charge is 0.223 e. The molecular weight excluding hydrogens is 292 g/mol. The highest BCUT2D eigenvalue weighted by Crippen LogP contribution is 2.43. The molecular formula is C17H22N2O2Si. The Balaban J connectivity index is 1.87. The van der Waals surface area contributed by atoms with Gasteiger partial charge in [0, 0.05) is 29.4 Å². The van der Waals surface area contributed by atoms with E-state index in [0.29, 0.717) is 13.0 Å². The Labute approximate surface area is 131 Å². The minimum Gasteiger partial charge on any atom is -0.407 e. The molecule has 1 saturated heterocycles. The highest BCUT2D eigenvalue weighted by atomic mass is 28.4. The molecule has 116 valence electrons. The number of H-pyrrole nitrogens is 1. The number of para-hydroxylation sites is 1. The van der Waals surface area contributed by atoms with Crippen molar-refractivity contribution in [3.8, 4) is 0 Å². The zero-order chi connectivity index (χ0) is 15.5. The predicted molar refractivity (Wildman–Crippen MR) is 89.0 cm³/mol. The lowest BCUT2D eigenvalue weighted by molar-refractivity contribution is -0.131. The van der Waals surface area contributed by atoms with Crippen molar-refractivity contribution in [1.82, 2.24) is 9.88 Å². The molecule has 0 bridgehead atoms. The van der Waals surface area contributed by atoms with Crippen LogP contribution < -0.4 is 0 Å². The van der Waals surface area contributed by atoms with Gasteiger partial charge < -0.3 is 14.3 Å². The van der Waals surface area contributed by atoms with Gasteiger partial charge in [0.2, 0.25) is 5.91 Å². The van der Waals surface area contributed by atoms with Crippen LogP contribution in [0.5, 0.6) is 0 Å². The SMILES string of the molecule is C[Si](C)(C)O[C@@H]1c2[nH]c3ccccc3c2CN2C(=O)CC[C@@H]12. The standard InChI is InChI=1S/C17H22N2O2Si/c1-22(2,3)21-17-14-8-9-15(20)19(14)10-12-11-6-4-5-7-13(11)18-16(12)17/h4-7,14,17-18H,8-10H2,1-3H3/t14-,17-/m0/s1. The Morgan fingerprint density at radius 1 is 1.27 bits per heavy atom. The third-order valence-corrected chi connectivity index (χ3v) is 5.63. The maximum Gasteiger partial charge on any atom is 0.223 e. The average molecular weight is 314 g/mol. The first-order chi connectivity index (χ1) is 10.4. The van der Waals surface area contributed by atoms with E-state index >= 15 is 0 Å². The van der Waals surface area contributed by atoms with E-state index < -0.39 is 8.32 Å². The fraction of sp³-hybridized carbons (Fsp3) is 0.471.